The smallest absolute Gasteiger partial charge is 0.306 e. The number of aromatic nitrogens is 3. The number of nitrogens with one attached hydrogen (secondary N) is 1. The van der Waals surface area contributed by atoms with E-state index in [0.717, 1.165) is 0 Å². The number of carboxylic acids is 1. The summed E-state index contributed by atoms with van der Waals surface area (Å²) in [4.78, 5) is 22.2. The summed E-state index contributed by atoms with van der Waals surface area (Å²) < 4.78 is 1.48. The molecule has 0 aliphatic heterocycles. The molecule has 1 aromatic rings. The highest BCUT2D eigenvalue weighted by atomic mass is 16.4. The summed E-state index contributed by atoms with van der Waals surface area (Å²) in [7, 11) is 0. The van der Waals surface area contributed by atoms with Gasteiger partial charge in [0.2, 0.25) is 0 Å². The van der Waals surface area contributed by atoms with Crippen LogP contribution in [0, 0.1) is 5.92 Å². The molecule has 100 valence electrons. The molecule has 4 N–H and O–H groups in total. The highest BCUT2D eigenvalue weighted by Gasteiger charge is 2.13. The van der Waals surface area contributed by atoms with Crippen molar-refractivity contribution in [3.8, 4) is 0 Å². The van der Waals surface area contributed by atoms with Crippen molar-refractivity contribution in [1.82, 2.24) is 20.3 Å². The van der Waals surface area contributed by atoms with Gasteiger partial charge in [-0.25, -0.2) is 0 Å². The number of nitrogens with two attached hydrogens (primary N) is 1. The molecule has 0 aliphatic rings. The minimum absolute atomic E-state index is 0.200. The van der Waals surface area contributed by atoms with E-state index in [0.29, 0.717) is 19.5 Å². The number of rotatable bonds is 7. The lowest BCUT2D eigenvalue weighted by Crippen LogP contribution is -2.27. The van der Waals surface area contributed by atoms with Crippen LogP contribution in [0.2, 0.25) is 0 Å². The van der Waals surface area contributed by atoms with Crippen molar-refractivity contribution in [1.29, 1.82) is 0 Å². The van der Waals surface area contributed by atoms with Crippen LogP contribution in [0.15, 0.2) is 6.20 Å². The maximum absolute atomic E-state index is 11.6. The Kier molecular flexibility index (Phi) is 5.25. The summed E-state index contributed by atoms with van der Waals surface area (Å²) in [6, 6.07) is 0. The molecule has 8 heteroatoms. The lowest BCUT2D eigenvalue weighted by atomic mass is 10.1. The number of nitrogens with zero attached hydrogens (tertiary/aromatic N) is 3. The highest BCUT2D eigenvalue weighted by molar-refractivity contribution is 5.91. The molecule has 1 rings (SSSR count). The van der Waals surface area contributed by atoms with Crippen molar-refractivity contribution in [3.63, 3.8) is 0 Å². The van der Waals surface area contributed by atoms with Crippen molar-refractivity contribution < 1.29 is 14.7 Å². The Morgan fingerprint density at radius 3 is 2.94 bits per heavy atom. The summed E-state index contributed by atoms with van der Waals surface area (Å²) in [6.07, 6.45) is 1.88. The van der Waals surface area contributed by atoms with E-state index >= 15 is 0 Å². The molecule has 1 aromatic heterocycles. The first kappa shape index (κ1) is 14.1. The Hall–Kier alpha value is -1.96. The Labute approximate surface area is 104 Å². The molecule has 0 spiro atoms. The summed E-state index contributed by atoms with van der Waals surface area (Å²) in [5, 5.41) is 18.7. The maximum Gasteiger partial charge on any atom is 0.306 e. The van der Waals surface area contributed by atoms with Crippen molar-refractivity contribution in [2.75, 3.05) is 13.1 Å². The summed E-state index contributed by atoms with van der Waals surface area (Å²) in [5.41, 5.74) is 5.54. The average Bonchev–Trinajstić information content (AvgIpc) is 2.77. The van der Waals surface area contributed by atoms with E-state index in [1.807, 2.05) is 0 Å². The number of carbonyl (C=O) groups is 2. The van der Waals surface area contributed by atoms with Gasteiger partial charge in [-0.3, -0.25) is 14.3 Å². The number of carbonyl (C=O) groups excluding carboxylic acids is 1. The van der Waals surface area contributed by atoms with E-state index in [4.69, 9.17) is 10.8 Å². The molecule has 0 aromatic carbocycles. The minimum Gasteiger partial charge on any atom is -0.481 e. The Morgan fingerprint density at radius 2 is 2.33 bits per heavy atom. The summed E-state index contributed by atoms with van der Waals surface area (Å²) in [6.45, 7) is 2.79. The normalized spacial score (nSPS) is 12.1. The Balaban J connectivity index is 2.38. The molecular formula is C10H17N5O3. The van der Waals surface area contributed by atoms with Crippen molar-refractivity contribution in [2.24, 2.45) is 11.7 Å². The average molecular weight is 255 g/mol. The third-order valence-corrected chi connectivity index (χ3v) is 2.41. The van der Waals surface area contributed by atoms with Gasteiger partial charge in [0.25, 0.3) is 5.91 Å². The predicted octanol–water partition coefficient (Wildman–Crippen LogP) is -0.923. The van der Waals surface area contributed by atoms with Crippen LogP contribution < -0.4 is 11.1 Å². The second-order valence-corrected chi connectivity index (χ2v) is 3.94. The lowest BCUT2D eigenvalue weighted by Gasteiger charge is -2.06. The third kappa shape index (κ3) is 4.13. The van der Waals surface area contributed by atoms with Crippen LogP contribution in [-0.4, -0.2) is 45.1 Å². The van der Waals surface area contributed by atoms with Gasteiger partial charge in [-0.1, -0.05) is 12.1 Å². The van der Waals surface area contributed by atoms with Gasteiger partial charge in [-0.05, 0) is 6.42 Å². The van der Waals surface area contributed by atoms with Gasteiger partial charge in [0.15, 0.2) is 5.69 Å². The second-order valence-electron chi connectivity index (χ2n) is 3.94. The van der Waals surface area contributed by atoms with E-state index in [9.17, 15) is 9.59 Å². The van der Waals surface area contributed by atoms with Crippen LogP contribution in [0.4, 0.5) is 0 Å². The Morgan fingerprint density at radius 1 is 1.61 bits per heavy atom. The molecule has 1 atom stereocenters. The molecule has 1 heterocycles. The van der Waals surface area contributed by atoms with Crippen molar-refractivity contribution >= 4 is 11.9 Å². The zero-order valence-electron chi connectivity index (χ0n) is 10.2. The predicted molar refractivity (Wildman–Crippen MR) is 62.8 cm³/mol. The van der Waals surface area contributed by atoms with E-state index in [1.54, 1.807) is 6.92 Å². The van der Waals surface area contributed by atoms with E-state index < -0.39 is 11.9 Å². The first-order valence-electron chi connectivity index (χ1n) is 5.65. The second kappa shape index (κ2) is 6.70. The van der Waals surface area contributed by atoms with Crippen LogP contribution >= 0.6 is 0 Å². The molecule has 0 saturated carbocycles. The zero-order chi connectivity index (χ0) is 13.5. The van der Waals surface area contributed by atoms with E-state index in [1.165, 1.54) is 10.9 Å². The van der Waals surface area contributed by atoms with Crippen LogP contribution in [-0.2, 0) is 11.3 Å². The molecule has 0 aliphatic carbocycles. The van der Waals surface area contributed by atoms with Gasteiger partial charge in [0.1, 0.15) is 0 Å². The largest absolute Gasteiger partial charge is 0.481 e. The standard InChI is InChI=1S/C10H17N5O3/c1-7(10(17)18)2-4-12-9(16)8-6-15(5-3-11)14-13-8/h6-7H,2-5,11H2,1H3,(H,12,16)(H,17,18). The fourth-order valence-corrected chi connectivity index (χ4v) is 1.26. The van der Waals surface area contributed by atoms with Gasteiger partial charge in [-0.15, -0.1) is 5.10 Å². The summed E-state index contributed by atoms with van der Waals surface area (Å²) >= 11 is 0. The zero-order valence-corrected chi connectivity index (χ0v) is 10.2. The van der Waals surface area contributed by atoms with Crippen molar-refractivity contribution in [2.45, 2.75) is 19.9 Å². The van der Waals surface area contributed by atoms with Crippen molar-refractivity contribution in [3.05, 3.63) is 11.9 Å². The number of amides is 1. The highest BCUT2D eigenvalue weighted by Crippen LogP contribution is 2.00. The Bertz CT molecular complexity index is 417. The molecule has 0 bridgehead atoms. The maximum atomic E-state index is 11.6. The number of carboxylic acid groups (broad SMARTS) is 1. The van der Waals surface area contributed by atoms with Crippen LogP contribution in [0.3, 0.4) is 0 Å². The first-order chi connectivity index (χ1) is 8.54. The topological polar surface area (TPSA) is 123 Å². The molecular weight excluding hydrogens is 238 g/mol. The third-order valence-electron chi connectivity index (χ3n) is 2.41. The van der Waals surface area contributed by atoms with E-state index in [2.05, 4.69) is 15.6 Å². The molecule has 18 heavy (non-hydrogen) atoms. The van der Waals surface area contributed by atoms with Gasteiger partial charge in [0.05, 0.1) is 18.7 Å². The van der Waals surface area contributed by atoms with Crippen LogP contribution in [0.5, 0.6) is 0 Å². The van der Waals surface area contributed by atoms with Gasteiger partial charge >= 0.3 is 5.97 Å². The fraction of sp³-hybridized carbons (Fsp3) is 0.600. The van der Waals surface area contributed by atoms with Crippen LogP contribution in [0.1, 0.15) is 23.8 Å². The minimum atomic E-state index is -0.877. The molecule has 0 radical (unpaired) electrons. The number of hydrogen-bond donors (Lipinski definition) is 3. The summed E-state index contributed by atoms with van der Waals surface area (Å²) in [5.74, 6) is -1.73. The monoisotopic (exact) mass is 255 g/mol. The molecule has 0 saturated heterocycles. The molecule has 8 nitrogen and oxygen atoms in total. The van der Waals surface area contributed by atoms with E-state index in [-0.39, 0.29) is 18.1 Å². The molecule has 0 fully saturated rings. The van der Waals surface area contributed by atoms with Gasteiger partial charge in [-0.2, -0.15) is 0 Å². The van der Waals surface area contributed by atoms with Gasteiger partial charge in [0, 0.05) is 13.1 Å². The lowest BCUT2D eigenvalue weighted by molar-refractivity contribution is -0.141. The molecule has 1 unspecified atom stereocenters. The first-order valence-corrected chi connectivity index (χ1v) is 5.65. The van der Waals surface area contributed by atoms with Gasteiger partial charge < -0.3 is 16.2 Å². The SMILES string of the molecule is CC(CCNC(=O)c1cn(CCN)nn1)C(=O)O. The number of aliphatic carboxylic acids is 1. The molecule has 1 amide bonds. The fourth-order valence-electron chi connectivity index (χ4n) is 1.26. The van der Waals surface area contributed by atoms with Crippen LogP contribution in [0.25, 0.3) is 0 Å². The number of hydrogen-bond acceptors (Lipinski definition) is 5. The quantitative estimate of drug-likeness (QED) is 0.579.